The van der Waals surface area contributed by atoms with Crippen LogP contribution in [0.3, 0.4) is 0 Å². The molecule has 0 aromatic carbocycles. The number of rotatable bonds is 30. The third-order valence-corrected chi connectivity index (χ3v) is 14.3. The largest absolute Gasteiger partial charge is 0.140 e. The average molecular weight is 653 g/mol. The van der Waals surface area contributed by atoms with E-state index in [1.54, 1.807) is 19.2 Å². The van der Waals surface area contributed by atoms with Crippen molar-refractivity contribution in [2.24, 2.45) is 11.8 Å². The second kappa shape index (κ2) is 26.6. The Morgan fingerprint density at radius 3 is 1.05 bits per heavy atom. The van der Waals surface area contributed by atoms with E-state index in [1.165, 1.54) is 166 Å². The molecule has 0 aliphatic heterocycles. The van der Waals surface area contributed by atoms with Crippen molar-refractivity contribution in [2.75, 3.05) is 11.5 Å². The first-order chi connectivity index (χ1) is 20.7. The summed E-state index contributed by atoms with van der Waals surface area (Å²) < 4.78 is 3.18. The summed E-state index contributed by atoms with van der Waals surface area (Å²) in [6.45, 7) is 9.32. The first-order valence-electron chi connectivity index (χ1n) is 18.5. The Bertz CT molecular complexity index is 783. The Morgan fingerprint density at radius 2 is 0.714 bits per heavy atom. The molecule has 0 aliphatic rings. The van der Waals surface area contributed by atoms with E-state index in [1.807, 2.05) is 22.7 Å². The highest BCUT2D eigenvalue weighted by Crippen LogP contribution is 2.45. The molecule has 2 aromatic rings. The van der Waals surface area contributed by atoms with Crippen molar-refractivity contribution in [2.45, 2.75) is 192 Å². The fourth-order valence-corrected chi connectivity index (χ4v) is 11.6. The van der Waals surface area contributed by atoms with E-state index in [9.17, 15) is 0 Å². The maximum atomic E-state index is 2.49. The van der Waals surface area contributed by atoms with Crippen LogP contribution in [0.5, 0.6) is 0 Å². The van der Waals surface area contributed by atoms with Gasteiger partial charge in [0.2, 0.25) is 0 Å². The minimum atomic E-state index is 0.900. The van der Waals surface area contributed by atoms with Gasteiger partial charge in [0.05, 0.1) is 9.40 Å². The zero-order valence-electron chi connectivity index (χ0n) is 28.3. The van der Waals surface area contributed by atoms with Crippen LogP contribution in [0.2, 0.25) is 0 Å². The molecule has 0 bridgehead atoms. The van der Waals surface area contributed by atoms with Crippen molar-refractivity contribution in [1.29, 1.82) is 0 Å². The summed E-state index contributed by atoms with van der Waals surface area (Å²) in [5.41, 5.74) is 0. The average Bonchev–Trinajstić information content (AvgIpc) is 3.60. The van der Waals surface area contributed by atoms with Crippen molar-refractivity contribution in [1.82, 2.24) is 0 Å². The maximum Gasteiger partial charge on any atom is 0.0598 e. The van der Waals surface area contributed by atoms with E-state index in [0.29, 0.717) is 0 Å². The van der Waals surface area contributed by atoms with Gasteiger partial charge in [-0.3, -0.25) is 0 Å². The van der Waals surface area contributed by atoms with Gasteiger partial charge in [-0.2, -0.15) is 0 Å². The SMILES string of the molecule is CCCCCCCCC(CCCCCC)CSc1csc2c(SCC(CCCCCC)CCCCCCCC)csc12. The van der Waals surface area contributed by atoms with Crippen molar-refractivity contribution in [3.63, 3.8) is 0 Å². The molecule has 2 unspecified atom stereocenters. The van der Waals surface area contributed by atoms with Crippen molar-refractivity contribution in [3.8, 4) is 0 Å². The van der Waals surface area contributed by atoms with E-state index in [-0.39, 0.29) is 0 Å². The van der Waals surface area contributed by atoms with E-state index in [4.69, 9.17) is 0 Å². The highest BCUT2D eigenvalue weighted by molar-refractivity contribution is 8.00. The van der Waals surface area contributed by atoms with Crippen LogP contribution in [0.1, 0.15) is 182 Å². The van der Waals surface area contributed by atoms with Gasteiger partial charge in [-0.25, -0.2) is 0 Å². The second-order valence-electron chi connectivity index (χ2n) is 13.0. The maximum absolute atomic E-state index is 2.49. The monoisotopic (exact) mass is 652 g/mol. The number of hydrogen-bond donors (Lipinski definition) is 0. The van der Waals surface area contributed by atoms with Gasteiger partial charge >= 0.3 is 0 Å². The van der Waals surface area contributed by atoms with Gasteiger partial charge in [-0.05, 0) is 37.5 Å². The highest BCUT2D eigenvalue weighted by Gasteiger charge is 2.17. The molecule has 0 saturated carbocycles. The summed E-state index contributed by atoms with van der Waals surface area (Å²) in [7, 11) is 0. The van der Waals surface area contributed by atoms with Gasteiger partial charge in [0.1, 0.15) is 0 Å². The molecular formula is C38H68S4. The van der Waals surface area contributed by atoms with Crippen LogP contribution >= 0.6 is 46.2 Å². The fraction of sp³-hybridized carbons (Fsp3) is 0.842. The Hall–Kier alpha value is 0.360. The zero-order valence-corrected chi connectivity index (χ0v) is 31.6. The predicted molar refractivity (Wildman–Crippen MR) is 202 cm³/mol. The van der Waals surface area contributed by atoms with Crippen LogP contribution in [0.4, 0.5) is 0 Å². The van der Waals surface area contributed by atoms with Crippen LogP contribution in [0.25, 0.3) is 9.40 Å². The van der Waals surface area contributed by atoms with E-state index < -0.39 is 0 Å². The molecular weight excluding hydrogens is 585 g/mol. The lowest BCUT2D eigenvalue weighted by Crippen LogP contribution is -2.04. The molecule has 2 aromatic heterocycles. The molecule has 42 heavy (non-hydrogen) atoms. The van der Waals surface area contributed by atoms with Gasteiger partial charge in [0, 0.05) is 32.1 Å². The molecule has 0 nitrogen and oxygen atoms in total. The number of hydrogen-bond acceptors (Lipinski definition) is 4. The molecule has 0 N–H and O–H groups in total. The highest BCUT2D eigenvalue weighted by atomic mass is 32.2. The summed E-state index contributed by atoms with van der Waals surface area (Å²) >= 11 is 8.42. The summed E-state index contributed by atoms with van der Waals surface area (Å²) in [5, 5.41) is 4.99. The molecule has 0 radical (unpaired) electrons. The van der Waals surface area contributed by atoms with Crippen molar-refractivity contribution < 1.29 is 0 Å². The number of thiophene rings is 2. The van der Waals surface area contributed by atoms with Gasteiger partial charge in [-0.15, -0.1) is 46.2 Å². The lowest BCUT2D eigenvalue weighted by atomic mass is 9.96. The molecule has 4 heteroatoms. The zero-order chi connectivity index (χ0) is 30.1. The van der Waals surface area contributed by atoms with Crippen LogP contribution < -0.4 is 0 Å². The smallest absolute Gasteiger partial charge is 0.0598 e. The minimum Gasteiger partial charge on any atom is -0.140 e. The molecule has 0 aliphatic carbocycles. The minimum absolute atomic E-state index is 0.900. The van der Waals surface area contributed by atoms with Gasteiger partial charge in [-0.1, -0.05) is 156 Å². The Balaban J connectivity index is 1.87. The van der Waals surface area contributed by atoms with Gasteiger partial charge in [0.25, 0.3) is 0 Å². The van der Waals surface area contributed by atoms with Crippen LogP contribution in [-0.2, 0) is 0 Å². The predicted octanol–water partition coefficient (Wildman–Crippen LogP) is 15.8. The summed E-state index contributed by atoms with van der Waals surface area (Å²) in [5.74, 6) is 4.45. The first kappa shape index (κ1) is 38.5. The Kier molecular flexibility index (Phi) is 24.4. The van der Waals surface area contributed by atoms with Crippen molar-refractivity contribution >= 4 is 55.6 Å². The topological polar surface area (TPSA) is 0 Å². The second-order valence-corrected chi connectivity index (χ2v) is 16.9. The normalized spacial score (nSPS) is 13.3. The van der Waals surface area contributed by atoms with Crippen molar-refractivity contribution in [3.05, 3.63) is 10.8 Å². The van der Waals surface area contributed by atoms with Gasteiger partial charge in [0.15, 0.2) is 0 Å². The Labute approximate surface area is 279 Å². The molecule has 0 saturated heterocycles. The summed E-state index contributed by atoms with van der Waals surface area (Å²) in [4.78, 5) is 3.16. The van der Waals surface area contributed by atoms with E-state index in [0.717, 1.165) is 11.8 Å². The molecule has 2 atom stereocenters. The third kappa shape index (κ3) is 17.2. The molecule has 2 rings (SSSR count). The lowest BCUT2D eigenvalue weighted by Gasteiger charge is -2.16. The van der Waals surface area contributed by atoms with Crippen LogP contribution in [0.15, 0.2) is 20.6 Å². The molecule has 2 heterocycles. The van der Waals surface area contributed by atoms with E-state index in [2.05, 4.69) is 62.0 Å². The molecule has 0 amide bonds. The summed E-state index contributed by atoms with van der Waals surface area (Å²) in [6, 6.07) is 0. The number of unbranched alkanes of at least 4 members (excludes halogenated alkanes) is 16. The molecule has 0 fully saturated rings. The van der Waals surface area contributed by atoms with Crippen LogP contribution in [0, 0.1) is 11.8 Å². The lowest BCUT2D eigenvalue weighted by molar-refractivity contribution is 0.440. The quantitative estimate of drug-likeness (QED) is 0.0608. The molecule has 0 spiro atoms. The van der Waals surface area contributed by atoms with E-state index >= 15 is 0 Å². The third-order valence-electron chi connectivity index (χ3n) is 9.03. The number of thioether (sulfide) groups is 2. The fourth-order valence-electron chi connectivity index (χ4n) is 6.16. The standard InChI is InChI=1S/C38H68S4/c1-5-9-13-17-19-23-27-33(25-21-15-11-7-3)29-39-35-31-41-38-36(32-42-37(35)38)40-30-34(26-22-16-12-8-4)28-24-20-18-14-10-6-2/h31-34H,5-30H2,1-4H3. The van der Waals surface area contributed by atoms with Gasteiger partial charge < -0.3 is 0 Å². The number of fused-ring (bicyclic) bond motifs is 1. The molecule has 244 valence electrons. The summed E-state index contributed by atoms with van der Waals surface area (Å²) in [6.07, 6.45) is 34.2. The van der Waals surface area contributed by atoms with Crippen LogP contribution in [-0.4, -0.2) is 11.5 Å². The Morgan fingerprint density at radius 1 is 0.429 bits per heavy atom. The first-order valence-corrected chi connectivity index (χ1v) is 22.2.